The Kier molecular flexibility index (Phi) is 10.4. The van der Waals surface area contributed by atoms with Crippen LogP contribution in [0.5, 0.6) is 0 Å². The highest BCUT2D eigenvalue weighted by atomic mass is 15.1. The van der Waals surface area contributed by atoms with Crippen LogP contribution in [0.3, 0.4) is 0 Å². The van der Waals surface area contributed by atoms with Crippen LogP contribution >= 0.6 is 0 Å². The van der Waals surface area contributed by atoms with Crippen LogP contribution in [0.25, 0.3) is 0 Å². The number of rotatable bonds is 10. The fourth-order valence-corrected chi connectivity index (χ4v) is 1.85. The van der Waals surface area contributed by atoms with Gasteiger partial charge in [0.1, 0.15) is 0 Å². The van der Waals surface area contributed by atoms with Crippen molar-refractivity contribution in [2.24, 2.45) is 5.73 Å². The van der Waals surface area contributed by atoms with Crippen molar-refractivity contribution in [1.29, 1.82) is 0 Å². The van der Waals surface area contributed by atoms with Crippen LogP contribution in [0.1, 0.15) is 59.3 Å². The lowest BCUT2D eigenvalue weighted by Crippen LogP contribution is -2.38. The maximum atomic E-state index is 6.09. The standard InChI is InChI=1S/C13H30N2/c1-4-7-10-15(11-8-5-2)12-13(14)9-6-3/h13H,4-12,14H2,1-3H3/t13-/m0/s1. The van der Waals surface area contributed by atoms with E-state index in [4.69, 9.17) is 5.73 Å². The number of nitrogens with zero attached hydrogens (tertiary/aromatic N) is 1. The predicted molar refractivity (Wildman–Crippen MR) is 69.1 cm³/mol. The molecule has 0 fully saturated rings. The van der Waals surface area contributed by atoms with Gasteiger partial charge in [-0.2, -0.15) is 0 Å². The molecule has 2 N–H and O–H groups in total. The minimum absolute atomic E-state index is 0.378. The van der Waals surface area contributed by atoms with E-state index in [9.17, 15) is 0 Å². The molecule has 0 aromatic carbocycles. The van der Waals surface area contributed by atoms with Gasteiger partial charge in [-0.1, -0.05) is 40.0 Å². The van der Waals surface area contributed by atoms with E-state index in [0.717, 1.165) is 13.0 Å². The van der Waals surface area contributed by atoms with Crippen LogP contribution < -0.4 is 5.73 Å². The van der Waals surface area contributed by atoms with Crippen LogP contribution in [-0.2, 0) is 0 Å². The molecule has 0 aromatic rings. The third kappa shape index (κ3) is 8.88. The van der Waals surface area contributed by atoms with Gasteiger partial charge in [-0.25, -0.2) is 0 Å². The molecule has 2 nitrogen and oxygen atoms in total. The van der Waals surface area contributed by atoms with Crippen molar-refractivity contribution in [3.05, 3.63) is 0 Å². The average molecular weight is 214 g/mol. The van der Waals surface area contributed by atoms with Gasteiger partial charge in [0.25, 0.3) is 0 Å². The van der Waals surface area contributed by atoms with Crippen LogP contribution in [-0.4, -0.2) is 30.6 Å². The molecule has 15 heavy (non-hydrogen) atoms. The number of hydrogen-bond acceptors (Lipinski definition) is 2. The maximum absolute atomic E-state index is 6.09. The highest BCUT2D eigenvalue weighted by Gasteiger charge is 2.08. The van der Waals surface area contributed by atoms with Crippen molar-refractivity contribution in [1.82, 2.24) is 4.90 Å². The van der Waals surface area contributed by atoms with Gasteiger partial charge in [0.05, 0.1) is 0 Å². The molecular weight excluding hydrogens is 184 g/mol. The largest absolute Gasteiger partial charge is 0.327 e. The lowest BCUT2D eigenvalue weighted by Gasteiger charge is -2.25. The number of unbranched alkanes of at least 4 members (excludes halogenated alkanes) is 2. The lowest BCUT2D eigenvalue weighted by molar-refractivity contribution is 0.245. The van der Waals surface area contributed by atoms with Gasteiger partial charge in [0.2, 0.25) is 0 Å². The molecule has 2 heteroatoms. The molecule has 0 bridgehead atoms. The molecule has 0 aliphatic heterocycles. The Hall–Kier alpha value is -0.0800. The van der Waals surface area contributed by atoms with Crippen molar-refractivity contribution >= 4 is 0 Å². The summed E-state index contributed by atoms with van der Waals surface area (Å²) in [5.41, 5.74) is 6.09. The fourth-order valence-electron chi connectivity index (χ4n) is 1.85. The Labute approximate surface area is 96.2 Å². The summed E-state index contributed by atoms with van der Waals surface area (Å²) in [4.78, 5) is 2.55. The van der Waals surface area contributed by atoms with Crippen molar-refractivity contribution in [2.45, 2.75) is 65.3 Å². The van der Waals surface area contributed by atoms with E-state index in [1.165, 1.54) is 45.2 Å². The summed E-state index contributed by atoms with van der Waals surface area (Å²) in [6, 6.07) is 0.378. The smallest absolute Gasteiger partial charge is 0.0167 e. The zero-order chi connectivity index (χ0) is 11.5. The molecule has 92 valence electrons. The lowest BCUT2D eigenvalue weighted by atomic mass is 10.1. The van der Waals surface area contributed by atoms with Gasteiger partial charge in [0.15, 0.2) is 0 Å². The fraction of sp³-hybridized carbons (Fsp3) is 1.00. The molecule has 0 amide bonds. The number of nitrogens with two attached hydrogens (primary N) is 1. The molecule has 0 aliphatic rings. The van der Waals surface area contributed by atoms with Crippen molar-refractivity contribution in [2.75, 3.05) is 19.6 Å². The van der Waals surface area contributed by atoms with Crippen molar-refractivity contribution in [3.8, 4) is 0 Å². The molecule has 0 spiro atoms. The third-order valence-electron chi connectivity index (χ3n) is 2.81. The average Bonchev–Trinajstić information content (AvgIpc) is 2.22. The molecule has 0 saturated carbocycles. The Bertz CT molecular complexity index is 118. The maximum Gasteiger partial charge on any atom is 0.0167 e. The topological polar surface area (TPSA) is 29.3 Å². The first-order valence-corrected chi connectivity index (χ1v) is 6.72. The SMILES string of the molecule is CCCCN(CCCC)C[C@@H](N)CCC. The zero-order valence-corrected chi connectivity index (χ0v) is 11.0. The second-order valence-electron chi connectivity index (χ2n) is 4.56. The van der Waals surface area contributed by atoms with Crippen LogP contribution in [0.2, 0.25) is 0 Å². The third-order valence-corrected chi connectivity index (χ3v) is 2.81. The minimum Gasteiger partial charge on any atom is -0.327 e. The second kappa shape index (κ2) is 10.4. The first-order valence-electron chi connectivity index (χ1n) is 6.72. The van der Waals surface area contributed by atoms with E-state index in [2.05, 4.69) is 25.7 Å². The quantitative estimate of drug-likeness (QED) is 0.606. The van der Waals surface area contributed by atoms with Gasteiger partial charge in [0, 0.05) is 12.6 Å². The molecule has 0 aliphatic carbocycles. The van der Waals surface area contributed by atoms with Gasteiger partial charge in [-0.3, -0.25) is 0 Å². The van der Waals surface area contributed by atoms with E-state index in [0.29, 0.717) is 6.04 Å². The Morgan fingerprint density at radius 3 is 1.87 bits per heavy atom. The van der Waals surface area contributed by atoms with Gasteiger partial charge in [-0.15, -0.1) is 0 Å². The van der Waals surface area contributed by atoms with E-state index >= 15 is 0 Å². The molecule has 0 rings (SSSR count). The summed E-state index contributed by atoms with van der Waals surface area (Å²) >= 11 is 0. The molecular formula is C13H30N2. The molecule has 0 saturated heterocycles. The van der Waals surface area contributed by atoms with E-state index in [-0.39, 0.29) is 0 Å². The van der Waals surface area contributed by atoms with Crippen LogP contribution in [0, 0.1) is 0 Å². The predicted octanol–water partition coefficient (Wildman–Crippen LogP) is 3.02. The van der Waals surface area contributed by atoms with Crippen molar-refractivity contribution in [3.63, 3.8) is 0 Å². The Balaban J connectivity index is 3.76. The van der Waals surface area contributed by atoms with Crippen LogP contribution in [0.4, 0.5) is 0 Å². The molecule has 0 unspecified atom stereocenters. The highest BCUT2D eigenvalue weighted by Crippen LogP contribution is 2.02. The summed E-state index contributed by atoms with van der Waals surface area (Å²) in [5, 5.41) is 0. The van der Waals surface area contributed by atoms with Gasteiger partial charge < -0.3 is 10.6 Å². The van der Waals surface area contributed by atoms with Gasteiger partial charge >= 0.3 is 0 Å². The highest BCUT2D eigenvalue weighted by molar-refractivity contribution is 4.68. The minimum atomic E-state index is 0.378. The summed E-state index contributed by atoms with van der Waals surface area (Å²) < 4.78 is 0. The Morgan fingerprint density at radius 1 is 0.933 bits per heavy atom. The molecule has 0 radical (unpaired) electrons. The molecule has 1 atom stereocenters. The van der Waals surface area contributed by atoms with Crippen molar-refractivity contribution < 1.29 is 0 Å². The van der Waals surface area contributed by atoms with Gasteiger partial charge in [-0.05, 0) is 32.4 Å². The van der Waals surface area contributed by atoms with E-state index in [1.54, 1.807) is 0 Å². The Morgan fingerprint density at radius 2 is 1.47 bits per heavy atom. The summed E-state index contributed by atoms with van der Waals surface area (Å²) in [7, 11) is 0. The first-order chi connectivity index (χ1) is 7.24. The summed E-state index contributed by atoms with van der Waals surface area (Å²) in [6.07, 6.45) is 7.55. The van der Waals surface area contributed by atoms with Crippen LogP contribution in [0.15, 0.2) is 0 Å². The normalized spacial score (nSPS) is 13.4. The molecule has 0 heterocycles. The zero-order valence-electron chi connectivity index (χ0n) is 11.0. The molecule has 0 aromatic heterocycles. The summed E-state index contributed by atoms with van der Waals surface area (Å²) in [6.45, 7) is 10.3. The monoisotopic (exact) mass is 214 g/mol. The summed E-state index contributed by atoms with van der Waals surface area (Å²) in [5.74, 6) is 0. The number of hydrogen-bond donors (Lipinski definition) is 1. The first kappa shape index (κ1) is 14.9. The van der Waals surface area contributed by atoms with E-state index in [1.807, 2.05) is 0 Å². The van der Waals surface area contributed by atoms with E-state index < -0.39 is 0 Å². The second-order valence-corrected chi connectivity index (χ2v) is 4.56.